The van der Waals surface area contributed by atoms with E-state index in [1.165, 1.54) is 0 Å². The first-order valence-electron chi connectivity index (χ1n) is 14.7. The molecule has 0 radical (unpaired) electrons. The van der Waals surface area contributed by atoms with Crippen LogP contribution in [0, 0.1) is 37.5 Å². The number of aryl methyl sites for hydroxylation is 2. The van der Waals surface area contributed by atoms with Gasteiger partial charge in [0.2, 0.25) is 0 Å². The number of benzene rings is 5. The molecule has 4 heteroatoms. The van der Waals surface area contributed by atoms with Crippen molar-refractivity contribution in [3.05, 3.63) is 143 Å². The van der Waals surface area contributed by atoms with E-state index in [-0.39, 0.29) is 0 Å². The third kappa shape index (κ3) is 4.64. The van der Waals surface area contributed by atoms with Crippen LogP contribution >= 0.6 is 0 Å². The maximum Gasteiger partial charge on any atom is 0.140 e. The molecule has 0 amide bonds. The van der Waals surface area contributed by atoms with E-state index in [2.05, 4.69) is 106 Å². The Kier molecular flexibility index (Phi) is 6.82. The van der Waals surface area contributed by atoms with Crippen molar-refractivity contribution >= 4 is 21.5 Å². The van der Waals surface area contributed by atoms with Gasteiger partial charge in [0.05, 0.1) is 11.4 Å². The first-order valence-corrected chi connectivity index (χ1v) is 14.7. The largest absolute Gasteiger partial charge is 0.320 e. The number of aromatic nitrogens is 4. The molecule has 0 aliphatic heterocycles. The minimum absolute atomic E-state index is 0.904. The van der Waals surface area contributed by atoms with Gasteiger partial charge in [-0.25, -0.2) is 9.97 Å². The Hall–Kier alpha value is -5.84. The molecule has 7 aromatic rings. The quantitative estimate of drug-likeness (QED) is 0.156. The van der Waals surface area contributed by atoms with Gasteiger partial charge in [-0.15, -0.1) is 0 Å². The van der Waals surface area contributed by atoms with E-state index in [0.29, 0.717) is 0 Å². The van der Waals surface area contributed by atoms with E-state index in [0.717, 1.165) is 78.2 Å². The molecule has 2 aromatic heterocycles. The summed E-state index contributed by atoms with van der Waals surface area (Å²) in [6.07, 6.45) is 0. The number of rotatable bonds is 2. The highest BCUT2D eigenvalue weighted by atomic mass is 15.1. The van der Waals surface area contributed by atoms with Crippen molar-refractivity contribution in [3.8, 4) is 46.5 Å². The van der Waals surface area contributed by atoms with Crippen molar-refractivity contribution < 1.29 is 0 Å². The maximum atomic E-state index is 4.85. The molecule has 0 bridgehead atoms. The lowest BCUT2D eigenvalue weighted by Gasteiger charge is -2.10. The topological polar surface area (TPSA) is 35.6 Å². The lowest BCUT2D eigenvalue weighted by molar-refractivity contribution is 0.909. The molecule has 7 rings (SSSR count). The second kappa shape index (κ2) is 11.1. The van der Waals surface area contributed by atoms with E-state index >= 15 is 0 Å². The Bertz CT molecular complexity index is 2090. The van der Waals surface area contributed by atoms with Crippen LogP contribution in [0.2, 0.25) is 0 Å². The standard InChI is InChI=1S/C40H30N4/c1-27-37(43(3)39(41-27)29-15-7-5-8-16-29)25-23-35-31-19-11-13-21-33(31)36(34-22-14-12-20-32(34)35)24-26-38-28(2)42-40(44(38)4)30-17-9-6-10-18-30/h5-22H,1-4H3. The van der Waals surface area contributed by atoms with Crippen molar-refractivity contribution in [2.45, 2.75) is 13.8 Å². The Labute approximate surface area is 257 Å². The molecule has 0 aliphatic carbocycles. The molecule has 0 N–H and O–H groups in total. The van der Waals surface area contributed by atoms with Gasteiger partial charge in [-0.05, 0) is 47.2 Å². The number of nitrogens with zero attached hydrogens (tertiary/aromatic N) is 4. The average molecular weight is 567 g/mol. The maximum absolute atomic E-state index is 4.85. The molecule has 0 spiro atoms. The molecule has 4 nitrogen and oxygen atoms in total. The Balaban J connectivity index is 1.39. The van der Waals surface area contributed by atoms with E-state index in [4.69, 9.17) is 9.97 Å². The lowest BCUT2D eigenvalue weighted by Crippen LogP contribution is -1.97. The summed E-state index contributed by atoms with van der Waals surface area (Å²) in [7, 11) is 4.07. The van der Waals surface area contributed by atoms with Crippen LogP contribution in [0.3, 0.4) is 0 Å². The van der Waals surface area contributed by atoms with Gasteiger partial charge in [0, 0.05) is 36.3 Å². The predicted octanol–water partition coefficient (Wildman–Crippen LogP) is 8.21. The van der Waals surface area contributed by atoms with Gasteiger partial charge < -0.3 is 9.13 Å². The van der Waals surface area contributed by atoms with Gasteiger partial charge in [0.1, 0.15) is 23.0 Å². The van der Waals surface area contributed by atoms with Gasteiger partial charge >= 0.3 is 0 Å². The Morgan fingerprint density at radius 3 is 1.09 bits per heavy atom. The third-order valence-electron chi connectivity index (χ3n) is 8.15. The number of hydrogen-bond donors (Lipinski definition) is 0. The first-order chi connectivity index (χ1) is 21.5. The van der Waals surface area contributed by atoms with Gasteiger partial charge in [-0.1, -0.05) is 121 Å². The van der Waals surface area contributed by atoms with E-state index in [9.17, 15) is 0 Å². The molecule has 0 fully saturated rings. The monoisotopic (exact) mass is 566 g/mol. The number of imidazole rings is 2. The Morgan fingerprint density at radius 1 is 0.432 bits per heavy atom. The fourth-order valence-corrected chi connectivity index (χ4v) is 5.95. The summed E-state index contributed by atoms with van der Waals surface area (Å²) in [6, 6.07) is 37.3. The summed E-state index contributed by atoms with van der Waals surface area (Å²) in [4.78, 5) is 9.71. The molecule has 2 heterocycles. The highest BCUT2D eigenvalue weighted by molar-refractivity contribution is 6.09. The SMILES string of the molecule is Cc1nc(-c2ccccc2)n(C)c1C#Cc1c2ccccc2c(C#Cc2c(C)nc(-c3ccccc3)n2C)c2ccccc12. The highest BCUT2D eigenvalue weighted by Crippen LogP contribution is 2.33. The van der Waals surface area contributed by atoms with Crippen molar-refractivity contribution in [3.63, 3.8) is 0 Å². The zero-order valence-electron chi connectivity index (χ0n) is 25.2. The molecule has 0 atom stereocenters. The minimum Gasteiger partial charge on any atom is -0.320 e. The second-order valence-electron chi connectivity index (χ2n) is 10.9. The summed E-state index contributed by atoms with van der Waals surface area (Å²) in [5.41, 5.74) is 7.77. The van der Waals surface area contributed by atoms with Crippen molar-refractivity contribution in [1.82, 2.24) is 19.1 Å². The highest BCUT2D eigenvalue weighted by Gasteiger charge is 2.15. The van der Waals surface area contributed by atoms with Crippen molar-refractivity contribution in [1.29, 1.82) is 0 Å². The fourth-order valence-electron chi connectivity index (χ4n) is 5.95. The molecule has 44 heavy (non-hydrogen) atoms. The van der Waals surface area contributed by atoms with Crippen LogP contribution in [0.4, 0.5) is 0 Å². The number of hydrogen-bond acceptors (Lipinski definition) is 2. The smallest absolute Gasteiger partial charge is 0.140 e. The number of fused-ring (bicyclic) bond motifs is 2. The van der Waals surface area contributed by atoms with Crippen LogP contribution in [0.15, 0.2) is 109 Å². The summed E-state index contributed by atoms with van der Waals surface area (Å²) in [5, 5.41) is 4.33. The van der Waals surface area contributed by atoms with Gasteiger partial charge in [0.25, 0.3) is 0 Å². The minimum atomic E-state index is 0.904. The Morgan fingerprint density at radius 2 is 0.750 bits per heavy atom. The van der Waals surface area contributed by atoms with Crippen molar-refractivity contribution in [2.75, 3.05) is 0 Å². The van der Waals surface area contributed by atoms with Gasteiger partial charge in [0.15, 0.2) is 0 Å². The van der Waals surface area contributed by atoms with Gasteiger partial charge in [-0.2, -0.15) is 0 Å². The zero-order chi connectivity index (χ0) is 30.2. The van der Waals surface area contributed by atoms with Crippen LogP contribution < -0.4 is 0 Å². The van der Waals surface area contributed by atoms with Crippen LogP contribution in [0.5, 0.6) is 0 Å². The molecular weight excluding hydrogens is 536 g/mol. The van der Waals surface area contributed by atoms with Crippen LogP contribution in [0.25, 0.3) is 44.3 Å². The molecule has 5 aromatic carbocycles. The van der Waals surface area contributed by atoms with Crippen LogP contribution in [-0.4, -0.2) is 19.1 Å². The third-order valence-corrected chi connectivity index (χ3v) is 8.15. The van der Waals surface area contributed by atoms with E-state index in [1.54, 1.807) is 0 Å². The first kappa shape index (κ1) is 27.0. The van der Waals surface area contributed by atoms with Gasteiger partial charge in [-0.3, -0.25) is 0 Å². The lowest BCUT2D eigenvalue weighted by atomic mass is 9.92. The second-order valence-corrected chi connectivity index (χ2v) is 10.9. The molecule has 0 saturated heterocycles. The normalized spacial score (nSPS) is 10.8. The molecule has 0 aliphatic rings. The zero-order valence-corrected chi connectivity index (χ0v) is 25.2. The summed E-state index contributed by atoms with van der Waals surface area (Å²) in [6.45, 7) is 4.05. The fraction of sp³-hybridized carbons (Fsp3) is 0.100. The molecule has 0 unspecified atom stereocenters. The molecule has 0 saturated carbocycles. The van der Waals surface area contributed by atoms with Crippen molar-refractivity contribution in [2.24, 2.45) is 14.1 Å². The van der Waals surface area contributed by atoms with E-state index < -0.39 is 0 Å². The predicted molar refractivity (Wildman–Crippen MR) is 180 cm³/mol. The van der Waals surface area contributed by atoms with Crippen LogP contribution in [0.1, 0.15) is 33.9 Å². The molecule has 210 valence electrons. The van der Waals surface area contributed by atoms with E-state index in [1.807, 2.05) is 64.3 Å². The van der Waals surface area contributed by atoms with Crippen LogP contribution in [-0.2, 0) is 14.1 Å². The summed E-state index contributed by atoms with van der Waals surface area (Å²) >= 11 is 0. The summed E-state index contributed by atoms with van der Waals surface area (Å²) in [5.74, 6) is 15.9. The average Bonchev–Trinajstić information content (AvgIpc) is 3.52. The summed E-state index contributed by atoms with van der Waals surface area (Å²) < 4.78 is 4.17. The molecular formula is C40H30N4.